The van der Waals surface area contributed by atoms with Crippen LogP contribution in [0.25, 0.3) is 0 Å². The third-order valence-electron chi connectivity index (χ3n) is 6.66. The zero-order valence-electron chi connectivity index (χ0n) is 22.9. The normalized spacial score (nSPS) is 14.2. The van der Waals surface area contributed by atoms with Crippen molar-refractivity contribution in [2.45, 2.75) is 39.7 Å². The molecule has 1 aliphatic rings. The van der Waals surface area contributed by atoms with Crippen LogP contribution in [-0.4, -0.2) is 32.0 Å². The Balaban J connectivity index is 1.79. The first-order valence-corrected chi connectivity index (χ1v) is 12.8. The summed E-state index contributed by atoms with van der Waals surface area (Å²) in [6.45, 7) is 6.93. The van der Waals surface area contributed by atoms with E-state index in [4.69, 9.17) is 29.4 Å². The van der Waals surface area contributed by atoms with Gasteiger partial charge in [-0.05, 0) is 62.6 Å². The number of aryl methyl sites for hydroxylation is 2. The molecule has 2 N–H and O–H groups in total. The maximum atomic E-state index is 14.0. The third-order valence-corrected chi connectivity index (χ3v) is 6.66. The van der Waals surface area contributed by atoms with Crippen molar-refractivity contribution in [2.24, 2.45) is 5.73 Å². The highest BCUT2D eigenvalue weighted by Gasteiger charge is 2.35. The fourth-order valence-electron chi connectivity index (χ4n) is 4.82. The molecule has 4 rings (SSSR count). The van der Waals surface area contributed by atoms with Crippen LogP contribution in [0.2, 0.25) is 0 Å². The molecule has 0 saturated carbocycles. The van der Waals surface area contributed by atoms with Gasteiger partial charge in [-0.1, -0.05) is 12.1 Å². The lowest BCUT2D eigenvalue weighted by molar-refractivity contribution is 0.287. The smallest absolute Gasteiger partial charge is 0.258 e. The van der Waals surface area contributed by atoms with Gasteiger partial charge in [0.25, 0.3) is 5.56 Å². The molecule has 0 bridgehead atoms. The lowest BCUT2D eigenvalue weighted by Crippen LogP contribution is -2.33. The van der Waals surface area contributed by atoms with Gasteiger partial charge < -0.3 is 34.0 Å². The van der Waals surface area contributed by atoms with Crippen molar-refractivity contribution in [3.63, 3.8) is 0 Å². The summed E-state index contributed by atoms with van der Waals surface area (Å²) >= 11 is 0. The minimum absolute atomic E-state index is 0.0243. The molecular weight excluding hydrogens is 498 g/mol. The van der Waals surface area contributed by atoms with Gasteiger partial charge in [0.2, 0.25) is 5.88 Å². The predicted octanol–water partition coefficient (Wildman–Crippen LogP) is 4.43. The Morgan fingerprint density at radius 2 is 1.67 bits per heavy atom. The molecular formula is C30H33N3O6. The van der Waals surface area contributed by atoms with E-state index in [1.807, 2.05) is 45.0 Å². The molecule has 3 aromatic rings. The molecule has 0 unspecified atom stereocenters. The molecule has 1 atom stereocenters. The fraction of sp³-hybridized carbons (Fsp3) is 0.333. The van der Waals surface area contributed by atoms with Crippen molar-refractivity contribution in [1.82, 2.24) is 4.57 Å². The molecule has 1 aromatic heterocycles. The Labute approximate surface area is 227 Å². The van der Waals surface area contributed by atoms with Gasteiger partial charge in [0, 0.05) is 18.3 Å². The van der Waals surface area contributed by atoms with Crippen LogP contribution in [0.3, 0.4) is 0 Å². The number of pyridine rings is 1. The second-order valence-electron chi connectivity index (χ2n) is 8.96. The van der Waals surface area contributed by atoms with Crippen LogP contribution in [0.4, 0.5) is 0 Å². The van der Waals surface area contributed by atoms with Gasteiger partial charge in [0.05, 0.1) is 38.9 Å². The van der Waals surface area contributed by atoms with Crippen molar-refractivity contribution in [3.8, 4) is 34.8 Å². The molecule has 9 nitrogen and oxygen atoms in total. The number of nitrogens with zero attached hydrogens (tertiary/aromatic N) is 2. The van der Waals surface area contributed by atoms with Crippen LogP contribution >= 0.6 is 0 Å². The van der Waals surface area contributed by atoms with Crippen LogP contribution < -0.4 is 35.0 Å². The van der Waals surface area contributed by atoms with Crippen LogP contribution in [0, 0.1) is 18.3 Å². The Kier molecular flexibility index (Phi) is 8.35. The first-order chi connectivity index (χ1) is 18.9. The van der Waals surface area contributed by atoms with Gasteiger partial charge in [-0.15, -0.1) is 0 Å². The molecule has 0 amide bonds. The van der Waals surface area contributed by atoms with E-state index in [9.17, 15) is 10.1 Å². The van der Waals surface area contributed by atoms with E-state index in [1.54, 1.807) is 37.0 Å². The Hall–Kier alpha value is -4.58. The highest BCUT2D eigenvalue weighted by atomic mass is 16.5. The van der Waals surface area contributed by atoms with E-state index in [0.29, 0.717) is 71.7 Å². The quantitative estimate of drug-likeness (QED) is 0.408. The second kappa shape index (κ2) is 11.9. The molecule has 39 heavy (non-hydrogen) atoms. The molecule has 2 aromatic carbocycles. The molecule has 2 heterocycles. The fourth-order valence-corrected chi connectivity index (χ4v) is 4.82. The molecule has 9 heteroatoms. The summed E-state index contributed by atoms with van der Waals surface area (Å²) in [7, 11) is 3.17. The third kappa shape index (κ3) is 5.36. The van der Waals surface area contributed by atoms with Gasteiger partial charge in [-0.2, -0.15) is 5.26 Å². The summed E-state index contributed by atoms with van der Waals surface area (Å²) in [5, 5.41) is 10.0. The summed E-state index contributed by atoms with van der Waals surface area (Å²) in [5.41, 5.74) is 8.83. The van der Waals surface area contributed by atoms with Crippen LogP contribution in [0.1, 0.15) is 42.1 Å². The largest absolute Gasteiger partial charge is 0.493 e. The Bertz CT molecular complexity index is 1500. The number of benzene rings is 2. The van der Waals surface area contributed by atoms with Crippen molar-refractivity contribution >= 4 is 0 Å². The van der Waals surface area contributed by atoms with Crippen LogP contribution in [0.15, 0.2) is 58.7 Å². The Morgan fingerprint density at radius 3 is 2.33 bits per heavy atom. The first kappa shape index (κ1) is 27.5. The Morgan fingerprint density at radius 1 is 0.974 bits per heavy atom. The van der Waals surface area contributed by atoms with Gasteiger partial charge in [-0.25, -0.2) is 0 Å². The maximum absolute atomic E-state index is 14.0. The monoisotopic (exact) mass is 531 g/mol. The molecule has 0 fully saturated rings. The number of aromatic nitrogens is 1. The summed E-state index contributed by atoms with van der Waals surface area (Å²) in [5.74, 6) is 1.96. The first-order valence-electron chi connectivity index (χ1n) is 12.8. The summed E-state index contributed by atoms with van der Waals surface area (Å²) in [6.07, 6.45) is 0.575. The minimum atomic E-state index is -0.728. The number of nitrogens with two attached hydrogens (primary N) is 1. The number of allylic oxidation sites excluding steroid dienone is 1. The highest BCUT2D eigenvalue weighted by molar-refractivity contribution is 5.57. The molecule has 1 aliphatic heterocycles. The number of hydrogen-bond donors (Lipinski definition) is 1. The van der Waals surface area contributed by atoms with E-state index in [1.165, 1.54) is 0 Å². The molecule has 0 spiro atoms. The van der Waals surface area contributed by atoms with Gasteiger partial charge in [0.1, 0.15) is 17.4 Å². The van der Waals surface area contributed by atoms with Crippen LogP contribution in [0.5, 0.6) is 28.7 Å². The zero-order valence-corrected chi connectivity index (χ0v) is 22.9. The van der Waals surface area contributed by atoms with Gasteiger partial charge >= 0.3 is 0 Å². The SMILES string of the molecule is CCOc1ccc([C@H]2C(C#N)=C(N)Oc3cc(C)n(CCc4ccc(OC)c(OC)c4)c(=O)c32)cc1OCC. The highest BCUT2D eigenvalue weighted by Crippen LogP contribution is 2.43. The van der Waals surface area contributed by atoms with Gasteiger partial charge in [-0.3, -0.25) is 4.79 Å². The van der Waals surface area contributed by atoms with E-state index in [2.05, 4.69) is 6.07 Å². The minimum Gasteiger partial charge on any atom is -0.493 e. The van der Waals surface area contributed by atoms with E-state index in [0.717, 1.165) is 5.56 Å². The summed E-state index contributed by atoms with van der Waals surface area (Å²) in [6, 6.07) is 15.0. The summed E-state index contributed by atoms with van der Waals surface area (Å²) < 4.78 is 29.8. The van der Waals surface area contributed by atoms with Gasteiger partial charge in [0.15, 0.2) is 23.0 Å². The number of rotatable bonds is 10. The average molecular weight is 532 g/mol. The number of ether oxygens (including phenoxy) is 5. The number of hydrogen-bond acceptors (Lipinski definition) is 8. The number of nitriles is 1. The van der Waals surface area contributed by atoms with E-state index >= 15 is 0 Å². The topological polar surface area (TPSA) is 118 Å². The van der Waals surface area contributed by atoms with Crippen molar-refractivity contribution in [2.75, 3.05) is 27.4 Å². The molecule has 0 radical (unpaired) electrons. The lowest BCUT2D eigenvalue weighted by atomic mass is 9.84. The lowest BCUT2D eigenvalue weighted by Gasteiger charge is -2.28. The second-order valence-corrected chi connectivity index (χ2v) is 8.96. The molecule has 0 saturated heterocycles. The van der Waals surface area contributed by atoms with E-state index < -0.39 is 5.92 Å². The predicted molar refractivity (Wildman–Crippen MR) is 147 cm³/mol. The number of methoxy groups -OCH3 is 2. The molecule has 0 aliphatic carbocycles. The molecule has 204 valence electrons. The average Bonchev–Trinajstić information content (AvgIpc) is 2.93. The summed E-state index contributed by atoms with van der Waals surface area (Å²) in [4.78, 5) is 14.0. The van der Waals surface area contributed by atoms with Crippen molar-refractivity contribution in [3.05, 3.63) is 86.7 Å². The standard InChI is InChI=1S/C30H33N3O6/c1-6-37-23-11-9-20(16-25(23)38-7-2)27-21(17-31)29(32)39-26-14-18(3)33(30(34)28(26)27)13-12-19-8-10-22(35-4)24(15-19)36-5/h8-11,14-16,27H,6-7,12-13,32H2,1-5H3/t27-/m0/s1. The maximum Gasteiger partial charge on any atom is 0.258 e. The van der Waals surface area contributed by atoms with Crippen molar-refractivity contribution < 1.29 is 23.7 Å². The van der Waals surface area contributed by atoms with E-state index in [-0.39, 0.29) is 17.0 Å². The zero-order chi connectivity index (χ0) is 28.1. The van der Waals surface area contributed by atoms with Crippen molar-refractivity contribution in [1.29, 1.82) is 5.26 Å². The number of fused-ring (bicyclic) bond motifs is 1. The van der Waals surface area contributed by atoms with Crippen LogP contribution in [-0.2, 0) is 13.0 Å².